The molecule has 0 fully saturated rings. The molecule has 0 aliphatic carbocycles. The van der Waals surface area contributed by atoms with Gasteiger partial charge in [-0.3, -0.25) is 4.79 Å². The number of amides is 1. The molecule has 0 bridgehead atoms. The molecule has 0 aliphatic rings. The standard InChI is InChI=1S/C23H24N2O4S/c1-16-8-7-9-17(2)22(16)25-23(26)19-12-13-20(29-3)21(14-19)30(27,28)24-15-18-10-5-4-6-11-18/h4-14,24H,15H2,1-3H3,(H,25,26). The smallest absolute Gasteiger partial charge is 0.255 e. The summed E-state index contributed by atoms with van der Waals surface area (Å²) in [4.78, 5) is 12.7. The number of anilines is 1. The highest BCUT2D eigenvalue weighted by atomic mass is 32.2. The van der Waals surface area contributed by atoms with Crippen molar-refractivity contribution in [2.24, 2.45) is 0 Å². The number of methoxy groups -OCH3 is 1. The van der Waals surface area contributed by atoms with Gasteiger partial charge in [-0.1, -0.05) is 48.5 Å². The van der Waals surface area contributed by atoms with Crippen LogP contribution < -0.4 is 14.8 Å². The predicted octanol–water partition coefficient (Wildman–Crippen LogP) is 4.04. The van der Waals surface area contributed by atoms with Gasteiger partial charge in [0.2, 0.25) is 10.0 Å². The maximum absolute atomic E-state index is 12.9. The van der Waals surface area contributed by atoms with E-state index in [-0.39, 0.29) is 22.8 Å². The van der Waals surface area contributed by atoms with Crippen LogP contribution >= 0.6 is 0 Å². The van der Waals surface area contributed by atoms with Crippen LogP contribution in [0.5, 0.6) is 5.75 Å². The van der Waals surface area contributed by atoms with Crippen molar-refractivity contribution in [1.29, 1.82) is 0 Å². The number of benzene rings is 3. The number of nitrogens with one attached hydrogen (secondary N) is 2. The molecule has 2 N–H and O–H groups in total. The van der Waals surface area contributed by atoms with Crippen LogP contribution in [0, 0.1) is 13.8 Å². The van der Waals surface area contributed by atoms with E-state index in [0.29, 0.717) is 5.69 Å². The SMILES string of the molecule is COc1ccc(C(=O)Nc2c(C)cccc2C)cc1S(=O)(=O)NCc1ccccc1. The van der Waals surface area contributed by atoms with E-state index in [1.54, 1.807) is 0 Å². The maximum Gasteiger partial charge on any atom is 0.255 e. The molecule has 0 saturated carbocycles. The number of sulfonamides is 1. The zero-order chi connectivity index (χ0) is 21.7. The molecule has 0 unspecified atom stereocenters. The van der Waals surface area contributed by atoms with Gasteiger partial charge in [0.05, 0.1) is 7.11 Å². The van der Waals surface area contributed by atoms with Gasteiger partial charge < -0.3 is 10.1 Å². The second kappa shape index (κ2) is 9.11. The number of ether oxygens (including phenoxy) is 1. The van der Waals surface area contributed by atoms with Gasteiger partial charge in [-0.25, -0.2) is 13.1 Å². The molecule has 0 radical (unpaired) electrons. The fraction of sp³-hybridized carbons (Fsp3) is 0.174. The van der Waals surface area contributed by atoms with Crippen LogP contribution in [0.2, 0.25) is 0 Å². The van der Waals surface area contributed by atoms with Gasteiger partial charge in [0.25, 0.3) is 5.91 Å². The summed E-state index contributed by atoms with van der Waals surface area (Å²) in [6, 6.07) is 19.3. The number of carbonyl (C=O) groups is 1. The van der Waals surface area contributed by atoms with Crippen LogP contribution in [-0.4, -0.2) is 21.4 Å². The van der Waals surface area contributed by atoms with Crippen molar-refractivity contribution in [2.45, 2.75) is 25.3 Å². The average Bonchev–Trinajstić information content (AvgIpc) is 2.75. The quantitative estimate of drug-likeness (QED) is 0.599. The molecule has 0 heterocycles. The van der Waals surface area contributed by atoms with Crippen LogP contribution in [0.4, 0.5) is 5.69 Å². The second-order valence-electron chi connectivity index (χ2n) is 6.90. The normalized spacial score (nSPS) is 11.2. The van der Waals surface area contributed by atoms with Gasteiger partial charge in [-0.15, -0.1) is 0 Å². The topological polar surface area (TPSA) is 84.5 Å². The molecule has 6 nitrogen and oxygen atoms in total. The van der Waals surface area contributed by atoms with E-state index in [9.17, 15) is 13.2 Å². The van der Waals surface area contributed by atoms with Crippen molar-refractivity contribution in [3.05, 3.63) is 89.0 Å². The summed E-state index contributed by atoms with van der Waals surface area (Å²) < 4.78 is 33.6. The zero-order valence-electron chi connectivity index (χ0n) is 17.1. The van der Waals surface area contributed by atoms with Gasteiger partial charge >= 0.3 is 0 Å². The van der Waals surface area contributed by atoms with Gasteiger partial charge in [0.15, 0.2) is 0 Å². The number of hydrogen-bond donors (Lipinski definition) is 2. The Balaban J connectivity index is 1.88. The molecule has 0 spiro atoms. The van der Waals surface area contributed by atoms with E-state index >= 15 is 0 Å². The van der Waals surface area contributed by atoms with Gasteiger partial charge in [-0.2, -0.15) is 0 Å². The van der Waals surface area contributed by atoms with E-state index < -0.39 is 15.9 Å². The summed E-state index contributed by atoms with van der Waals surface area (Å²) in [7, 11) is -2.51. The number of carbonyl (C=O) groups excluding carboxylic acids is 1. The first-order valence-corrected chi connectivity index (χ1v) is 10.9. The van der Waals surface area contributed by atoms with Crippen molar-refractivity contribution in [1.82, 2.24) is 4.72 Å². The van der Waals surface area contributed by atoms with Crippen molar-refractivity contribution < 1.29 is 17.9 Å². The van der Waals surface area contributed by atoms with Crippen LogP contribution in [0.3, 0.4) is 0 Å². The molecule has 0 atom stereocenters. The fourth-order valence-electron chi connectivity index (χ4n) is 3.08. The van der Waals surface area contributed by atoms with Crippen LogP contribution in [0.25, 0.3) is 0 Å². The molecule has 3 rings (SSSR count). The molecule has 3 aromatic carbocycles. The molecule has 30 heavy (non-hydrogen) atoms. The lowest BCUT2D eigenvalue weighted by atomic mass is 10.1. The molecule has 156 valence electrons. The number of para-hydroxylation sites is 1. The molecule has 1 amide bonds. The van der Waals surface area contributed by atoms with Gasteiger partial charge in [0.1, 0.15) is 10.6 Å². The van der Waals surface area contributed by atoms with Crippen molar-refractivity contribution in [2.75, 3.05) is 12.4 Å². The summed E-state index contributed by atoms with van der Waals surface area (Å²) in [6.07, 6.45) is 0. The largest absolute Gasteiger partial charge is 0.495 e. The molecular weight excluding hydrogens is 400 g/mol. The summed E-state index contributed by atoms with van der Waals surface area (Å²) >= 11 is 0. The minimum Gasteiger partial charge on any atom is -0.495 e. The van der Waals surface area contributed by atoms with Crippen molar-refractivity contribution in [3.63, 3.8) is 0 Å². The van der Waals surface area contributed by atoms with E-state index in [4.69, 9.17) is 4.74 Å². The van der Waals surface area contributed by atoms with E-state index in [1.165, 1.54) is 25.3 Å². The second-order valence-corrected chi connectivity index (χ2v) is 8.63. The Bertz CT molecular complexity index is 1140. The molecule has 0 aromatic heterocycles. The van der Waals surface area contributed by atoms with Crippen LogP contribution in [0.1, 0.15) is 27.0 Å². The minimum absolute atomic E-state index is 0.0879. The number of hydrogen-bond acceptors (Lipinski definition) is 4. The third-order valence-corrected chi connectivity index (χ3v) is 6.17. The Morgan fingerprint density at radius 2 is 1.60 bits per heavy atom. The Hall–Kier alpha value is -3.16. The number of aryl methyl sites for hydroxylation is 2. The first-order valence-electron chi connectivity index (χ1n) is 9.41. The summed E-state index contributed by atoms with van der Waals surface area (Å²) in [5.74, 6) is -0.228. The van der Waals surface area contributed by atoms with Crippen molar-refractivity contribution in [3.8, 4) is 5.75 Å². The monoisotopic (exact) mass is 424 g/mol. The number of rotatable bonds is 7. The molecule has 7 heteroatoms. The lowest BCUT2D eigenvalue weighted by molar-refractivity contribution is 0.102. The molecule has 0 aliphatic heterocycles. The maximum atomic E-state index is 12.9. The van der Waals surface area contributed by atoms with Gasteiger partial charge in [-0.05, 0) is 48.7 Å². The average molecular weight is 425 g/mol. The highest BCUT2D eigenvalue weighted by Gasteiger charge is 2.22. The lowest BCUT2D eigenvalue weighted by Crippen LogP contribution is -2.24. The van der Waals surface area contributed by atoms with Crippen LogP contribution in [-0.2, 0) is 16.6 Å². The summed E-state index contributed by atoms with van der Waals surface area (Å²) in [5.41, 5.74) is 3.61. The highest BCUT2D eigenvalue weighted by molar-refractivity contribution is 7.89. The lowest BCUT2D eigenvalue weighted by Gasteiger charge is -2.14. The summed E-state index contributed by atoms with van der Waals surface area (Å²) in [5, 5.41) is 2.87. The Kier molecular flexibility index (Phi) is 6.54. The molecule has 0 saturated heterocycles. The van der Waals surface area contributed by atoms with E-state index in [1.807, 2.05) is 62.4 Å². The van der Waals surface area contributed by atoms with Crippen molar-refractivity contribution >= 4 is 21.6 Å². The first-order chi connectivity index (χ1) is 14.3. The third-order valence-electron chi connectivity index (χ3n) is 4.74. The Morgan fingerprint density at radius 1 is 0.933 bits per heavy atom. The third kappa shape index (κ3) is 4.87. The fourth-order valence-corrected chi connectivity index (χ4v) is 4.29. The Labute approximate surface area is 177 Å². The van der Waals surface area contributed by atoms with Gasteiger partial charge in [0, 0.05) is 17.8 Å². The predicted molar refractivity (Wildman–Crippen MR) is 117 cm³/mol. The Morgan fingerprint density at radius 3 is 2.23 bits per heavy atom. The van der Waals surface area contributed by atoms with E-state index in [2.05, 4.69) is 10.0 Å². The summed E-state index contributed by atoms with van der Waals surface area (Å²) in [6.45, 7) is 3.94. The molecular formula is C23H24N2O4S. The first kappa shape index (κ1) is 21.5. The van der Waals surface area contributed by atoms with E-state index in [0.717, 1.165) is 16.7 Å². The molecule has 3 aromatic rings. The zero-order valence-corrected chi connectivity index (χ0v) is 17.9. The van der Waals surface area contributed by atoms with Crippen LogP contribution in [0.15, 0.2) is 71.6 Å². The minimum atomic E-state index is -3.90. The highest BCUT2D eigenvalue weighted by Crippen LogP contribution is 2.26.